The first-order valence-corrected chi connectivity index (χ1v) is 7.03. The summed E-state index contributed by atoms with van der Waals surface area (Å²) in [5.74, 6) is -0.0176. The Balaban J connectivity index is 0.00000220. The number of benzene rings is 1. The molecule has 6 heteroatoms. The molecule has 0 radical (unpaired) electrons. The van der Waals surface area contributed by atoms with Crippen molar-refractivity contribution in [2.75, 3.05) is 20.1 Å². The molecule has 1 unspecified atom stereocenters. The van der Waals surface area contributed by atoms with Crippen LogP contribution in [0.25, 0.3) is 0 Å². The van der Waals surface area contributed by atoms with Crippen LogP contribution in [0.2, 0.25) is 0 Å². The number of carbonyl (C=O) groups is 2. The average Bonchev–Trinajstić information content (AvgIpc) is 3.01. The number of amides is 2. The fraction of sp³-hybridized carbons (Fsp3) is 0.467. The van der Waals surface area contributed by atoms with E-state index in [9.17, 15) is 9.59 Å². The summed E-state index contributed by atoms with van der Waals surface area (Å²) >= 11 is 0. The summed E-state index contributed by atoms with van der Waals surface area (Å²) in [6, 6.07) is 7.43. The van der Waals surface area contributed by atoms with Gasteiger partial charge in [0.05, 0.1) is 6.04 Å². The van der Waals surface area contributed by atoms with Crippen LogP contribution in [0.1, 0.15) is 28.8 Å². The summed E-state index contributed by atoms with van der Waals surface area (Å²) in [7, 11) is 1.61. The van der Waals surface area contributed by atoms with Crippen molar-refractivity contribution in [3.63, 3.8) is 0 Å². The molecule has 116 valence electrons. The Bertz CT molecular complexity index is 488. The molecule has 1 aliphatic rings. The zero-order chi connectivity index (χ0) is 14.4. The average molecular weight is 312 g/mol. The van der Waals surface area contributed by atoms with Crippen molar-refractivity contribution in [3.05, 3.63) is 35.4 Å². The molecule has 5 nitrogen and oxygen atoms in total. The molecule has 1 fully saturated rings. The van der Waals surface area contributed by atoms with E-state index in [1.165, 1.54) is 0 Å². The van der Waals surface area contributed by atoms with Gasteiger partial charge in [0, 0.05) is 19.2 Å². The van der Waals surface area contributed by atoms with E-state index in [4.69, 9.17) is 0 Å². The predicted molar refractivity (Wildman–Crippen MR) is 84.8 cm³/mol. The summed E-state index contributed by atoms with van der Waals surface area (Å²) in [4.78, 5) is 23.4. The van der Waals surface area contributed by atoms with Crippen LogP contribution in [0.15, 0.2) is 24.3 Å². The first-order valence-electron chi connectivity index (χ1n) is 7.03. The van der Waals surface area contributed by atoms with Gasteiger partial charge in [-0.15, -0.1) is 12.4 Å². The smallest absolute Gasteiger partial charge is 0.251 e. The van der Waals surface area contributed by atoms with E-state index >= 15 is 0 Å². The van der Waals surface area contributed by atoms with Crippen molar-refractivity contribution >= 4 is 24.2 Å². The fourth-order valence-electron chi connectivity index (χ4n) is 2.37. The molecule has 0 saturated carbocycles. The Morgan fingerprint density at radius 1 is 1.38 bits per heavy atom. The molecule has 21 heavy (non-hydrogen) atoms. The van der Waals surface area contributed by atoms with Crippen molar-refractivity contribution in [1.82, 2.24) is 16.0 Å². The van der Waals surface area contributed by atoms with Gasteiger partial charge in [0.1, 0.15) is 0 Å². The highest BCUT2D eigenvalue weighted by Crippen LogP contribution is 2.07. The van der Waals surface area contributed by atoms with Crippen LogP contribution in [-0.4, -0.2) is 38.0 Å². The van der Waals surface area contributed by atoms with Gasteiger partial charge in [0.25, 0.3) is 5.91 Å². The molecule has 1 aromatic carbocycles. The third kappa shape index (κ3) is 5.02. The first kappa shape index (κ1) is 17.5. The lowest BCUT2D eigenvalue weighted by atomic mass is 10.1. The Kier molecular flexibility index (Phi) is 7.19. The molecule has 1 aromatic rings. The van der Waals surface area contributed by atoms with Crippen LogP contribution in [-0.2, 0) is 11.2 Å². The molecule has 1 heterocycles. The highest BCUT2D eigenvalue weighted by Gasteiger charge is 2.21. The highest BCUT2D eigenvalue weighted by molar-refractivity contribution is 5.94. The second-order valence-electron chi connectivity index (χ2n) is 4.97. The van der Waals surface area contributed by atoms with Crippen molar-refractivity contribution in [3.8, 4) is 0 Å². The highest BCUT2D eigenvalue weighted by atomic mass is 35.5. The molecule has 3 N–H and O–H groups in total. The number of halogens is 1. The molecule has 1 aliphatic heterocycles. The maximum absolute atomic E-state index is 11.8. The van der Waals surface area contributed by atoms with Crippen LogP contribution in [0.4, 0.5) is 0 Å². The van der Waals surface area contributed by atoms with E-state index in [1.54, 1.807) is 13.1 Å². The van der Waals surface area contributed by atoms with Crippen LogP contribution in [0.3, 0.4) is 0 Å². The summed E-state index contributed by atoms with van der Waals surface area (Å²) in [5.41, 5.74) is 1.69. The van der Waals surface area contributed by atoms with Gasteiger partial charge in [-0.3, -0.25) is 9.59 Å². The zero-order valence-electron chi connectivity index (χ0n) is 12.1. The normalized spacial score (nSPS) is 16.9. The minimum absolute atomic E-state index is 0. The maximum Gasteiger partial charge on any atom is 0.251 e. The third-order valence-corrected chi connectivity index (χ3v) is 3.51. The lowest BCUT2D eigenvalue weighted by Gasteiger charge is -2.11. The summed E-state index contributed by atoms with van der Waals surface area (Å²) in [6.45, 7) is 1.51. The van der Waals surface area contributed by atoms with Crippen LogP contribution in [0.5, 0.6) is 0 Å². The zero-order valence-corrected chi connectivity index (χ0v) is 13.0. The second-order valence-corrected chi connectivity index (χ2v) is 4.97. The van der Waals surface area contributed by atoms with E-state index < -0.39 is 0 Å². The lowest BCUT2D eigenvalue weighted by molar-refractivity contribution is -0.122. The fourth-order valence-corrected chi connectivity index (χ4v) is 2.37. The largest absolute Gasteiger partial charge is 0.355 e. The molecule has 2 rings (SSSR count). The van der Waals surface area contributed by atoms with E-state index in [0.717, 1.165) is 31.4 Å². The molecule has 1 saturated heterocycles. The van der Waals surface area contributed by atoms with E-state index in [2.05, 4.69) is 16.0 Å². The van der Waals surface area contributed by atoms with Crippen LogP contribution in [0, 0.1) is 0 Å². The number of carbonyl (C=O) groups excluding carboxylic acids is 2. The molecular weight excluding hydrogens is 290 g/mol. The monoisotopic (exact) mass is 311 g/mol. The van der Waals surface area contributed by atoms with Gasteiger partial charge in [-0.25, -0.2) is 0 Å². The standard InChI is InChI=1S/C15H21N3O2.ClH/c1-16-14(19)12-5-2-4-11(10-12)7-9-18-15(20)13-6-3-8-17-13;/h2,4-5,10,13,17H,3,6-9H2,1H3,(H,16,19)(H,18,20);1H. The predicted octanol–water partition coefficient (Wildman–Crippen LogP) is 0.879. The van der Waals surface area contributed by atoms with Crippen molar-refractivity contribution < 1.29 is 9.59 Å². The van der Waals surface area contributed by atoms with Crippen molar-refractivity contribution in [1.29, 1.82) is 0 Å². The van der Waals surface area contributed by atoms with Gasteiger partial charge in [-0.2, -0.15) is 0 Å². The molecular formula is C15H22ClN3O2. The minimum Gasteiger partial charge on any atom is -0.355 e. The maximum atomic E-state index is 11.8. The topological polar surface area (TPSA) is 70.2 Å². The van der Waals surface area contributed by atoms with Gasteiger partial charge >= 0.3 is 0 Å². The van der Waals surface area contributed by atoms with Gasteiger partial charge in [-0.1, -0.05) is 12.1 Å². The quantitative estimate of drug-likeness (QED) is 0.756. The Hall–Kier alpha value is -1.59. The van der Waals surface area contributed by atoms with E-state index in [-0.39, 0.29) is 30.3 Å². The molecule has 1 atom stereocenters. The summed E-state index contributed by atoms with van der Waals surface area (Å²) < 4.78 is 0. The molecule has 0 spiro atoms. The van der Waals surface area contributed by atoms with Gasteiger partial charge in [-0.05, 0) is 43.5 Å². The SMILES string of the molecule is CNC(=O)c1cccc(CCNC(=O)C2CCCN2)c1.Cl. The molecule has 0 aliphatic carbocycles. The Labute approximate surface area is 131 Å². The number of hydrogen-bond acceptors (Lipinski definition) is 3. The van der Waals surface area contributed by atoms with Crippen molar-refractivity contribution in [2.45, 2.75) is 25.3 Å². The van der Waals surface area contributed by atoms with Gasteiger partial charge < -0.3 is 16.0 Å². The number of hydrogen-bond donors (Lipinski definition) is 3. The third-order valence-electron chi connectivity index (χ3n) is 3.51. The van der Waals surface area contributed by atoms with E-state index in [1.807, 2.05) is 18.2 Å². The number of rotatable bonds is 5. The van der Waals surface area contributed by atoms with E-state index in [0.29, 0.717) is 12.1 Å². The summed E-state index contributed by atoms with van der Waals surface area (Å²) in [6.07, 6.45) is 2.70. The van der Waals surface area contributed by atoms with Crippen molar-refractivity contribution in [2.24, 2.45) is 0 Å². The summed E-state index contributed by atoms with van der Waals surface area (Å²) in [5, 5.41) is 8.71. The minimum atomic E-state index is -0.0916. The van der Waals surface area contributed by atoms with Gasteiger partial charge in [0.2, 0.25) is 5.91 Å². The van der Waals surface area contributed by atoms with Crippen LogP contribution < -0.4 is 16.0 Å². The Morgan fingerprint density at radius 2 is 2.19 bits per heavy atom. The molecule has 0 aromatic heterocycles. The van der Waals surface area contributed by atoms with Crippen LogP contribution >= 0.6 is 12.4 Å². The number of nitrogens with one attached hydrogen (secondary N) is 3. The second kappa shape index (κ2) is 8.64. The molecule has 0 bridgehead atoms. The first-order chi connectivity index (χ1) is 9.70. The Morgan fingerprint density at radius 3 is 2.86 bits per heavy atom. The van der Waals surface area contributed by atoms with Gasteiger partial charge in [0.15, 0.2) is 0 Å². The lowest BCUT2D eigenvalue weighted by Crippen LogP contribution is -2.41. The molecule has 2 amide bonds.